The molecule has 1 aromatic carbocycles. The maximum absolute atomic E-state index is 15.4. The van der Waals surface area contributed by atoms with Crippen molar-refractivity contribution in [2.24, 2.45) is 0 Å². The zero-order valence-corrected chi connectivity index (χ0v) is 25.1. The molecule has 45 heavy (non-hydrogen) atoms. The van der Waals surface area contributed by atoms with Crippen molar-refractivity contribution < 1.29 is 18.7 Å². The predicted octanol–water partition coefficient (Wildman–Crippen LogP) is 4.18. The van der Waals surface area contributed by atoms with Gasteiger partial charge in [0, 0.05) is 69.0 Å². The van der Waals surface area contributed by atoms with Crippen LogP contribution >= 0.6 is 0 Å². The van der Waals surface area contributed by atoms with Gasteiger partial charge in [0.2, 0.25) is 5.91 Å². The molecule has 2 bridgehead atoms. The second-order valence-electron chi connectivity index (χ2n) is 11.4. The van der Waals surface area contributed by atoms with Crippen molar-refractivity contribution in [2.75, 3.05) is 57.1 Å². The number of hydrogen-bond donors (Lipinski definition) is 1. The van der Waals surface area contributed by atoms with Crippen LogP contribution in [0.1, 0.15) is 5.56 Å². The van der Waals surface area contributed by atoms with E-state index in [0.29, 0.717) is 72.7 Å². The van der Waals surface area contributed by atoms with Gasteiger partial charge in [0.1, 0.15) is 41.4 Å². The highest BCUT2D eigenvalue weighted by atomic mass is 19.1. The van der Waals surface area contributed by atoms with Crippen molar-refractivity contribution in [3.8, 4) is 17.2 Å². The first-order valence-corrected chi connectivity index (χ1v) is 14.7. The molecule has 230 valence electrons. The molecule has 4 aromatic heterocycles. The summed E-state index contributed by atoms with van der Waals surface area (Å²) in [7, 11) is 3.92. The van der Waals surface area contributed by atoms with Crippen LogP contribution < -0.4 is 19.7 Å². The topological polar surface area (TPSA) is 113 Å². The molecule has 1 saturated heterocycles. The SMILES string of the molecule is Cc1cc(Nc2ncnc3cc4c(nc23)N2CCN(C(=O)/C=C/CN(C)C)[C@H](CO4)C2)c(F)cc1Oc1ccn2ccnc2c1. The van der Waals surface area contributed by atoms with E-state index >= 15 is 4.39 Å². The van der Waals surface area contributed by atoms with E-state index in [1.807, 2.05) is 59.8 Å². The molecule has 1 amide bonds. The van der Waals surface area contributed by atoms with Crippen LogP contribution in [0.25, 0.3) is 16.7 Å². The fourth-order valence-corrected chi connectivity index (χ4v) is 5.59. The first-order valence-electron chi connectivity index (χ1n) is 14.7. The molecule has 13 heteroatoms. The minimum absolute atomic E-state index is 0.0284. The fourth-order valence-electron chi connectivity index (χ4n) is 5.59. The number of carbonyl (C=O) groups is 1. The van der Waals surface area contributed by atoms with Crippen molar-refractivity contribution in [1.29, 1.82) is 0 Å². The summed E-state index contributed by atoms with van der Waals surface area (Å²) < 4.78 is 29.5. The number of aryl methyl sites for hydroxylation is 1. The Hall–Kier alpha value is -5.30. The number of carbonyl (C=O) groups excluding carboxylic acids is 1. The number of rotatable bonds is 7. The smallest absolute Gasteiger partial charge is 0.246 e. The average Bonchev–Trinajstić information content (AvgIpc) is 3.45. The van der Waals surface area contributed by atoms with Gasteiger partial charge in [0.25, 0.3) is 0 Å². The Morgan fingerprint density at radius 1 is 1.18 bits per heavy atom. The van der Waals surface area contributed by atoms with Gasteiger partial charge < -0.3 is 33.9 Å². The summed E-state index contributed by atoms with van der Waals surface area (Å²) in [6.45, 7) is 4.60. The van der Waals surface area contributed by atoms with Gasteiger partial charge in [-0.3, -0.25) is 4.79 Å². The van der Waals surface area contributed by atoms with Gasteiger partial charge in [0.15, 0.2) is 17.4 Å². The van der Waals surface area contributed by atoms with E-state index in [0.717, 1.165) is 11.2 Å². The number of anilines is 3. The number of piperazine rings is 1. The highest BCUT2D eigenvalue weighted by molar-refractivity contribution is 5.91. The third-order valence-corrected chi connectivity index (χ3v) is 7.90. The number of halogens is 1. The number of hydrogen-bond acceptors (Lipinski definition) is 10. The summed E-state index contributed by atoms with van der Waals surface area (Å²) in [4.78, 5) is 36.9. The lowest BCUT2D eigenvalue weighted by molar-refractivity contribution is -0.129. The number of amides is 1. The molecule has 12 nitrogen and oxygen atoms in total. The maximum Gasteiger partial charge on any atom is 0.246 e. The van der Waals surface area contributed by atoms with Gasteiger partial charge in [-0.2, -0.15) is 0 Å². The van der Waals surface area contributed by atoms with E-state index in [-0.39, 0.29) is 17.6 Å². The van der Waals surface area contributed by atoms with Gasteiger partial charge in [-0.15, -0.1) is 0 Å². The fraction of sp³-hybridized carbons (Fsp3) is 0.281. The number of nitrogens with zero attached hydrogens (tertiary/aromatic N) is 8. The van der Waals surface area contributed by atoms with E-state index in [1.165, 1.54) is 12.4 Å². The van der Waals surface area contributed by atoms with Gasteiger partial charge >= 0.3 is 0 Å². The van der Waals surface area contributed by atoms with Crippen molar-refractivity contribution in [1.82, 2.24) is 34.1 Å². The Morgan fingerprint density at radius 2 is 2.07 bits per heavy atom. The molecule has 1 fully saturated rings. The number of nitrogens with one attached hydrogen (secondary N) is 1. The molecule has 0 radical (unpaired) electrons. The van der Waals surface area contributed by atoms with Crippen LogP contribution in [0, 0.1) is 12.7 Å². The molecule has 2 aliphatic rings. The van der Waals surface area contributed by atoms with Crippen molar-refractivity contribution >= 4 is 39.9 Å². The number of ether oxygens (including phenoxy) is 2. The molecule has 2 aliphatic heterocycles. The molecular weight excluding hydrogens is 577 g/mol. The quantitative estimate of drug-likeness (QED) is 0.270. The molecule has 0 saturated carbocycles. The highest BCUT2D eigenvalue weighted by Crippen LogP contribution is 2.37. The standard InChI is InChI=1S/C32H32FN9O3/c1-20-13-24(23(33)15-26(20)45-22-6-9-40-10-7-34-28(40)14-22)37-31-30-25(35-19-36-31)16-27-32(38-30)41-11-12-42(21(17-41)18-44-27)29(43)5-4-8-39(2)3/h4-7,9-10,13-16,19,21H,8,11-12,17-18H2,1-3H3,(H,35,36,37)/b5-4+/t21-/m0/s1. The number of likely N-dealkylation sites (N-methyl/N-ethyl adjacent to an activating group) is 1. The van der Waals surface area contributed by atoms with Crippen LogP contribution in [0.4, 0.5) is 21.7 Å². The maximum atomic E-state index is 15.4. The largest absolute Gasteiger partial charge is 0.487 e. The van der Waals surface area contributed by atoms with Gasteiger partial charge in [0.05, 0.1) is 17.2 Å². The highest BCUT2D eigenvalue weighted by Gasteiger charge is 2.35. The predicted molar refractivity (Wildman–Crippen MR) is 168 cm³/mol. The monoisotopic (exact) mass is 609 g/mol. The molecule has 6 heterocycles. The molecule has 7 rings (SSSR count). The summed E-state index contributed by atoms with van der Waals surface area (Å²) in [5.41, 5.74) is 2.72. The van der Waals surface area contributed by atoms with E-state index in [4.69, 9.17) is 14.5 Å². The number of benzene rings is 1. The Bertz CT molecular complexity index is 1940. The van der Waals surface area contributed by atoms with Crippen LogP contribution in [0.2, 0.25) is 0 Å². The Balaban J connectivity index is 1.12. The third-order valence-electron chi connectivity index (χ3n) is 7.90. The number of imidazole rings is 1. The lowest BCUT2D eigenvalue weighted by Gasteiger charge is -2.39. The summed E-state index contributed by atoms with van der Waals surface area (Å²) in [6, 6.07) is 8.30. The zero-order chi connectivity index (χ0) is 31.1. The van der Waals surface area contributed by atoms with E-state index < -0.39 is 5.82 Å². The Morgan fingerprint density at radius 3 is 2.93 bits per heavy atom. The summed E-state index contributed by atoms with van der Waals surface area (Å²) >= 11 is 0. The molecular formula is C32H32FN9O3. The average molecular weight is 610 g/mol. The minimum Gasteiger partial charge on any atom is -0.487 e. The second-order valence-corrected chi connectivity index (χ2v) is 11.4. The molecule has 1 N–H and O–H groups in total. The lowest BCUT2D eigenvalue weighted by atomic mass is 10.1. The van der Waals surface area contributed by atoms with Crippen LogP contribution in [0.5, 0.6) is 17.2 Å². The van der Waals surface area contributed by atoms with E-state index in [2.05, 4.69) is 25.2 Å². The summed E-state index contributed by atoms with van der Waals surface area (Å²) in [5.74, 6) is 2.00. The van der Waals surface area contributed by atoms with Crippen LogP contribution in [0.3, 0.4) is 0 Å². The molecule has 1 atom stereocenters. The normalized spacial score (nSPS) is 16.2. The molecule has 0 spiro atoms. The first kappa shape index (κ1) is 28.5. The summed E-state index contributed by atoms with van der Waals surface area (Å²) in [6.07, 6.45) is 10.3. The van der Waals surface area contributed by atoms with E-state index in [1.54, 1.807) is 30.5 Å². The summed E-state index contributed by atoms with van der Waals surface area (Å²) in [5, 5.41) is 3.11. The lowest BCUT2D eigenvalue weighted by Crippen LogP contribution is -2.56. The van der Waals surface area contributed by atoms with Crippen molar-refractivity contribution in [2.45, 2.75) is 13.0 Å². The minimum atomic E-state index is -0.509. The number of aromatic nitrogens is 5. The van der Waals surface area contributed by atoms with Crippen LogP contribution in [-0.2, 0) is 4.79 Å². The molecule has 0 aliphatic carbocycles. The van der Waals surface area contributed by atoms with Crippen LogP contribution in [-0.4, -0.2) is 93.0 Å². The van der Waals surface area contributed by atoms with Gasteiger partial charge in [-0.1, -0.05) is 6.08 Å². The Kier molecular flexibility index (Phi) is 7.37. The third kappa shape index (κ3) is 5.69. The molecule has 5 aromatic rings. The van der Waals surface area contributed by atoms with E-state index in [9.17, 15) is 4.79 Å². The second kappa shape index (κ2) is 11.7. The van der Waals surface area contributed by atoms with Crippen molar-refractivity contribution in [3.05, 3.63) is 78.8 Å². The van der Waals surface area contributed by atoms with Crippen molar-refractivity contribution in [3.63, 3.8) is 0 Å². The van der Waals surface area contributed by atoms with Crippen LogP contribution in [0.15, 0.2) is 67.4 Å². The van der Waals surface area contributed by atoms with Gasteiger partial charge in [-0.05, 0) is 38.7 Å². The molecule has 0 unspecified atom stereocenters. The van der Waals surface area contributed by atoms with Gasteiger partial charge in [-0.25, -0.2) is 24.3 Å². The number of fused-ring (bicyclic) bond motifs is 6. The zero-order valence-electron chi connectivity index (χ0n) is 25.1. The Labute approximate surface area is 258 Å². The number of pyridine rings is 2. The first-order chi connectivity index (χ1) is 21.8.